The van der Waals surface area contributed by atoms with Gasteiger partial charge in [-0.25, -0.2) is 9.18 Å². The molecule has 0 aliphatic rings. The lowest BCUT2D eigenvalue weighted by Gasteiger charge is -2.09. The summed E-state index contributed by atoms with van der Waals surface area (Å²) in [5, 5.41) is 22.4. The number of nitro benzene ring substituents is 1. The van der Waals surface area contributed by atoms with Gasteiger partial charge in [-0.15, -0.1) is 0 Å². The smallest absolute Gasteiger partial charge is 0.335 e. The molecular formula is C13H8ClFN2O4. The van der Waals surface area contributed by atoms with E-state index in [0.29, 0.717) is 0 Å². The highest BCUT2D eigenvalue weighted by Gasteiger charge is 2.16. The summed E-state index contributed by atoms with van der Waals surface area (Å²) in [5.74, 6) is -2.10. The number of hydrogen-bond donors (Lipinski definition) is 2. The Bertz CT molecular complexity index is 736. The number of carbonyl (C=O) groups is 1. The van der Waals surface area contributed by atoms with Crippen molar-refractivity contribution in [2.75, 3.05) is 5.32 Å². The molecule has 0 aromatic heterocycles. The summed E-state index contributed by atoms with van der Waals surface area (Å²) in [6.45, 7) is 0. The van der Waals surface area contributed by atoms with Crippen molar-refractivity contribution in [2.45, 2.75) is 0 Å². The Kier molecular flexibility index (Phi) is 4.04. The second kappa shape index (κ2) is 5.76. The van der Waals surface area contributed by atoms with Crippen LogP contribution < -0.4 is 5.32 Å². The van der Waals surface area contributed by atoms with Gasteiger partial charge < -0.3 is 10.4 Å². The van der Waals surface area contributed by atoms with Crippen molar-refractivity contribution in [3.8, 4) is 0 Å². The molecule has 0 saturated heterocycles. The van der Waals surface area contributed by atoms with Crippen molar-refractivity contribution >= 4 is 34.6 Å². The molecule has 8 heteroatoms. The molecule has 0 aliphatic carbocycles. The number of aromatic carboxylic acids is 1. The number of nitrogens with zero attached hydrogens (tertiary/aromatic N) is 1. The fourth-order valence-corrected chi connectivity index (χ4v) is 1.82. The summed E-state index contributed by atoms with van der Waals surface area (Å²) in [6.07, 6.45) is 0. The first-order chi connectivity index (χ1) is 9.88. The largest absolute Gasteiger partial charge is 0.478 e. The average Bonchev–Trinajstić information content (AvgIpc) is 2.42. The molecule has 0 fully saturated rings. The highest BCUT2D eigenvalue weighted by Crippen LogP contribution is 2.31. The first kappa shape index (κ1) is 14.7. The molecule has 0 saturated carbocycles. The third-order valence-electron chi connectivity index (χ3n) is 2.64. The second-order valence-electron chi connectivity index (χ2n) is 4.04. The zero-order chi connectivity index (χ0) is 15.6. The van der Waals surface area contributed by atoms with Gasteiger partial charge in [-0.05, 0) is 30.3 Å². The number of rotatable bonds is 4. The van der Waals surface area contributed by atoms with Crippen LogP contribution in [0, 0.1) is 15.9 Å². The molecule has 2 aromatic rings. The Balaban J connectivity index is 2.39. The van der Waals surface area contributed by atoms with Crippen LogP contribution in [0.5, 0.6) is 0 Å². The highest BCUT2D eigenvalue weighted by atomic mass is 35.5. The number of carboxylic acids is 1. The van der Waals surface area contributed by atoms with E-state index in [-0.39, 0.29) is 27.6 Å². The quantitative estimate of drug-likeness (QED) is 0.661. The Morgan fingerprint density at radius 2 is 1.90 bits per heavy atom. The van der Waals surface area contributed by atoms with E-state index in [2.05, 4.69) is 5.32 Å². The summed E-state index contributed by atoms with van der Waals surface area (Å²) in [6, 6.07) is 7.10. The number of nitrogens with one attached hydrogen (secondary N) is 1. The van der Waals surface area contributed by atoms with Crippen molar-refractivity contribution in [3.05, 3.63) is 62.9 Å². The van der Waals surface area contributed by atoms with Gasteiger partial charge in [0.15, 0.2) is 0 Å². The molecule has 0 radical (unpaired) electrons. The second-order valence-corrected chi connectivity index (χ2v) is 4.48. The van der Waals surface area contributed by atoms with Crippen molar-refractivity contribution in [2.24, 2.45) is 0 Å². The van der Waals surface area contributed by atoms with E-state index in [4.69, 9.17) is 16.7 Å². The summed E-state index contributed by atoms with van der Waals surface area (Å²) in [5.41, 5.74) is -0.565. The van der Waals surface area contributed by atoms with Crippen molar-refractivity contribution in [3.63, 3.8) is 0 Å². The molecule has 21 heavy (non-hydrogen) atoms. The molecule has 2 rings (SSSR count). The van der Waals surface area contributed by atoms with E-state index in [9.17, 15) is 19.3 Å². The van der Waals surface area contributed by atoms with Gasteiger partial charge in [-0.1, -0.05) is 11.6 Å². The van der Waals surface area contributed by atoms with Crippen LogP contribution in [-0.4, -0.2) is 16.0 Å². The number of hydrogen-bond acceptors (Lipinski definition) is 4. The maximum absolute atomic E-state index is 13.8. The van der Waals surface area contributed by atoms with E-state index >= 15 is 0 Å². The molecule has 0 bridgehead atoms. The van der Waals surface area contributed by atoms with Crippen LogP contribution in [0.2, 0.25) is 5.02 Å². The average molecular weight is 311 g/mol. The lowest BCUT2D eigenvalue weighted by molar-refractivity contribution is -0.383. The maximum Gasteiger partial charge on any atom is 0.335 e. The number of benzene rings is 2. The Hall–Kier alpha value is -2.67. The third-order valence-corrected chi connectivity index (χ3v) is 2.88. The molecular weight excluding hydrogens is 303 g/mol. The topological polar surface area (TPSA) is 92.5 Å². The van der Waals surface area contributed by atoms with Crippen molar-refractivity contribution in [1.29, 1.82) is 0 Å². The van der Waals surface area contributed by atoms with Crippen LogP contribution in [0.4, 0.5) is 21.5 Å². The number of nitro groups is 1. The molecule has 2 N–H and O–H groups in total. The maximum atomic E-state index is 13.8. The molecule has 0 aliphatic heterocycles. The van der Waals surface area contributed by atoms with Gasteiger partial charge in [0.1, 0.15) is 11.5 Å². The van der Waals surface area contributed by atoms with Crippen LogP contribution in [0.1, 0.15) is 10.4 Å². The first-order valence-corrected chi connectivity index (χ1v) is 6.00. The third kappa shape index (κ3) is 3.26. The minimum atomic E-state index is -1.27. The predicted octanol–water partition coefficient (Wildman–Crippen LogP) is 3.83. The SMILES string of the molecule is O=C(O)c1ccc(Nc2ccc(Cl)cc2[N+](=O)[O-])c(F)c1. The fraction of sp³-hybridized carbons (Fsp3) is 0. The molecule has 0 atom stereocenters. The van der Waals surface area contributed by atoms with E-state index in [0.717, 1.165) is 12.1 Å². The van der Waals surface area contributed by atoms with Gasteiger partial charge in [0, 0.05) is 11.1 Å². The Morgan fingerprint density at radius 3 is 2.48 bits per heavy atom. The number of halogens is 2. The van der Waals surface area contributed by atoms with Gasteiger partial charge in [0.25, 0.3) is 5.69 Å². The summed E-state index contributed by atoms with van der Waals surface area (Å²) in [4.78, 5) is 21.0. The van der Waals surface area contributed by atoms with Crippen molar-refractivity contribution in [1.82, 2.24) is 0 Å². The summed E-state index contributed by atoms with van der Waals surface area (Å²) in [7, 11) is 0. The number of anilines is 2. The normalized spacial score (nSPS) is 10.2. The summed E-state index contributed by atoms with van der Waals surface area (Å²) >= 11 is 5.68. The molecule has 0 unspecified atom stereocenters. The number of carboxylic acid groups (broad SMARTS) is 1. The molecule has 0 amide bonds. The zero-order valence-electron chi connectivity index (χ0n) is 10.3. The van der Waals surface area contributed by atoms with E-state index in [1.807, 2.05) is 0 Å². The Morgan fingerprint density at radius 1 is 1.24 bits per heavy atom. The van der Waals surface area contributed by atoms with Crippen molar-refractivity contribution < 1.29 is 19.2 Å². The van der Waals surface area contributed by atoms with Crippen LogP contribution >= 0.6 is 11.6 Å². The minimum absolute atomic E-state index is 0.0476. The van der Waals surface area contributed by atoms with E-state index in [1.54, 1.807) is 0 Å². The highest BCUT2D eigenvalue weighted by molar-refractivity contribution is 6.30. The van der Waals surface area contributed by atoms with Gasteiger partial charge in [-0.3, -0.25) is 10.1 Å². The van der Waals surface area contributed by atoms with Crippen LogP contribution in [0.15, 0.2) is 36.4 Å². The van der Waals surface area contributed by atoms with E-state index in [1.165, 1.54) is 24.3 Å². The molecule has 6 nitrogen and oxygen atoms in total. The fourth-order valence-electron chi connectivity index (χ4n) is 1.66. The molecule has 108 valence electrons. The van der Waals surface area contributed by atoms with Gasteiger partial charge in [0.2, 0.25) is 0 Å². The van der Waals surface area contributed by atoms with Crippen LogP contribution in [0.25, 0.3) is 0 Å². The van der Waals surface area contributed by atoms with Gasteiger partial charge in [0.05, 0.1) is 16.2 Å². The predicted molar refractivity (Wildman–Crippen MR) is 74.7 cm³/mol. The lowest BCUT2D eigenvalue weighted by Crippen LogP contribution is -2.01. The standard InChI is InChI=1S/C13H8ClFN2O4/c14-8-2-4-11(12(6-8)17(20)21)16-10-3-1-7(13(18)19)5-9(10)15/h1-6,16H,(H,18,19). The van der Waals surface area contributed by atoms with Crippen LogP contribution in [0.3, 0.4) is 0 Å². The zero-order valence-corrected chi connectivity index (χ0v) is 11.1. The monoisotopic (exact) mass is 310 g/mol. The lowest BCUT2D eigenvalue weighted by atomic mass is 10.2. The van der Waals surface area contributed by atoms with Gasteiger partial charge in [-0.2, -0.15) is 0 Å². The minimum Gasteiger partial charge on any atom is -0.478 e. The van der Waals surface area contributed by atoms with E-state index < -0.39 is 16.7 Å². The molecule has 0 heterocycles. The van der Waals surface area contributed by atoms with Crippen LogP contribution in [-0.2, 0) is 0 Å². The molecule has 0 spiro atoms. The first-order valence-electron chi connectivity index (χ1n) is 5.62. The molecule has 2 aromatic carbocycles. The van der Waals surface area contributed by atoms with Gasteiger partial charge >= 0.3 is 5.97 Å². The summed E-state index contributed by atoms with van der Waals surface area (Å²) < 4.78 is 13.8. The Labute approximate surface area is 122 Å².